The Morgan fingerprint density at radius 3 is 2.59 bits per heavy atom. The van der Waals surface area contributed by atoms with E-state index >= 15 is 0 Å². The Bertz CT molecular complexity index is 775. The first-order valence-electron chi connectivity index (χ1n) is 9.26. The van der Waals surface area contributed by atoms with Crippen LogP contribution < -0.4 is 20.1 Å². The van der Waals surface area contributed by atoms with Crippen molar-refractivity contribution < 1.29 is 9.47 Å². The number of aryl methyl sites for hydroxylation is 1. The predicted octanol–water partition coefficient (Wildman–Crippen LogP) is 3.30. The Hall–Kier alpha value is -2.54. The summed E-state index contributed by atoms with van der Waals surface area (Å²) in [6.45, 7) is 3.05. The second-order valence-corrected chi connectivity index (χ2v) is 7.30. The minimum absolute atomic E-state index is 0.241. The van der Waals surface area contributed by atoms with E-state index in [-0.39, 0.29) is 6.10 Å². The topological polar surface area (TPSA) is 71.5 Å². The van der Waals surface area contributed by atoms with Crippen LogP contribution in [0.4, 0.5) is 17.5 Å². The minimum Gasteiger partial charge on any atom is -0.493 e. The molecule has 0 atom stereocenters. The quantitative estimate of drug-likeness (QED) is 0.738. The van der Waals surface area contributed by atoms with E-state index in [0.717, 1.165) is 48.1 Å². The zero-order valence-electron chi connectivity index (χ0n) is 16.7. The zero-order chi connectivity index (χ0) is 19.4. The normalized spacial score (nSPS) is 18.7. The van der Waals surface area contributed by atoms with Gasteiger partial charge < -0.3 is 25.0 Å². The Morgan fingerprint density at radius 2 is 1.93 bits per heavy atom. The molecule has 3 rings (SSSR count). The number of hydrogen-bond acceptors (Lipinski definition) is 7. The van der Waals surface area contributed by atoms with Gasteiger partial charge >= 0.3 is 0 Å². The third-order valence-electron chi connectivity index (χ3n) is 4.64. The zero-order valence-corrected chi connectivity index (χ0v) is 16.7. The van der Waals surface area contributed by atoms with Crippen molar-refractivity contribution in [3.63, 3.8) is 0 Å². The molecule has 146 valence electrons. The predicted molar refractivity (Wildman–Crippen MR) is 108 cm³/mol. The molecule has 0 aliphatic heterocycles. The highest BCUT2D eigenvalue weighted by Gasteiger charge is 2.31. The summed E-state index contributed by atoms with van der Waals surface area (Å²) in [5.41, 5.74) is 1.76. The van der Waals surface area contributed by atoms with Crippen LogP contribution in [-0.4, -0.2) is 55.8 Å². The lowest BCUT2D eigenvalue weighted by Crippen LogP contribution is -2.39. The molecule has 2 aromatic rings. The number of nitrogens with zero attached hydrogens (tertiary/aromatic N) is 3. The smallest absolute Gasteiger partial charge is 0.229 e. The van der Waals surface area contributed by atoms with Crippen LogP contribution in [0.3, 0.4) is 0 Å². The Labute approximate surface area is 161 Å². The summed E-state index contributed by atoms with van der Waals surface area (Å²) in [4.78, 5) is 11.1. The second kappa shape index (κ2) is 8.43. The van der Waals surface area contributed by atoms with E-state index in [1.54, 1.807) is 7.11 Å². The summed E-state index contributed by atoms with van der Waals surface area (Å²) in [5.74, 6) is 3.51. The van der Waals surface area contributed by atoms with Gasteiger partial charge in [0.15, 0.2) is 11.5 Å². The number of nitrogens with one attached hydrogen (secondary N) is 2. The van der Waals surface area contributed by atoms with E-state index in [2.05, 4.69) is 39.6 Å². The van der Waals surface area contributed by atoms with Gasteiger partial charge in [0.25, 0.3) is 0 Å². The molecule has 1 aliphatic carbocycles. The molecule has 0 bridgehead atoms. The van der Waals surface area contributed by atoms with Crippen molar-refractivity contribution in [3.05, 3.63) is 30.0 Å². The highest BCUT2D eigenvalue weighted by Crippen LogP contribution is 2.37. The summed E-state index contributed by atoms with van der Waals surface area (Å²) in [5, 5.41) is 6.29. The van der Waals surface area contributed by atoms with Crippen molar-refractivity contribution in [2.45, 2.75) is 25.9 Å². The summed E-state index contributed by atoms with van der Waals surface area (Å²) in [6.07, 6.45) is 2.39. The maximum absolute atomic E-state index is 6.19. The first-order chi connectivity index (χ1) is 13.0. The van der Waals surface area contributed by atoms with Gasteiger partial charge in [-0.05, 0) is 51.9 Å². The molecular formula is C20H29N5O2. The number of rotatable bonds is 8. The number of benzene rings is 1. The third kappa shape index (κ3) is 5.01. The average molecular weight is 371 g/mol. The number of anilines is 3. The van der Waals surface area contributed by atoms with Gasteiger partial charge in [0, 0.05) is 37.1 Å². The number of methoxy groups -OCH3 is 1. The minimum atomic E-state index is 0.241. The molecule has 7 nitrogen and oxygen atoms in total. The van der Waals surface area contributed by atoms with Gasteiger partial charge in [-0.2, -0.15) is 4.98 Å². The number of aromatic nitrogens is 2. The lowest BCUT2D eigenvalue weighted by molar-refractivity contribution is 0.0495. The first-order valence-corrected chi connectivity index (χ1v) is 9.26. The van der Waals surface area contributed by atoms with Gasteiger partial charge in [0.2, 0.25) is 5.95 Å². The van der Waals surface area contributed by atoms with Gasteiger partial charge in [0.1, 0.15) is 5.82 Å². The van der Waals surface area contributed by atoms with Crippen molar-refractivity contribution in [3.8, 4) is 11.5 Å². The molecule has 1 heterocycles. The van der Waals surface area contributed by atoms with Gasteiger partial charge in [-0.1, -0.05) is 0 Å². The van der Waals surface area contributed by atoms with Crippen molar-refractivity contribution >= 4 is 17.5 Å². The Kier molecular flexibility index (Phi) is 6.01. The third-order valence-corrected chi connectivity index (χ3v) is 4.64. The van der Waals surface area contributed by atoms with Crippen LogP contribution in [0.15, 0.2) is 24.3 Å². The molecule has 1 aliphatic rings. The van der Waals surface area contributed by atoms with E-state index in [1.807, 2.05) is 38.2 Å². The van der Waals surface area contributed by atoms with Gasteiger partial charge in [-0.15, -0.1) is 0 Å². The van der Waals surface area contributed by atoms with Gasteiger partial charge in [-0.25, -0.2) is 4.98 Å². The van der Waals surface area contributed by atoms with Crippen LogP contribution in [0.5, 0.6) is 11.5 Å². The van der Waals surface area contributed by atoms with E-state index in [0.29, 0.717) is 11.9 Å². The average Bonchev–Trinajstić information content (AvgIpc) is 2.59. The molecule has 27 heavy (non-hydrogen) atoms. The van der Waals surface area contributed by atoms with Crippen LogP contribution in [0.25, 0.3) is 0 Å². The van der Waals surface area contributed by atoms with Crippen LogP contribution in [-0.2, 0) is 0 Å². The molecule has 2 N–H and O–H groups in total. The molecule has 1 aromatic heterocycles. The van der Waals surface area contributed by atoms with Crippen LogP contribution in [0.2, 0.25) is 0 Å². The molecule has 0 amide bonds. The van der Waals surface area contributed by atoms with Crippen LogP contribution in [0.1, 0.15) is 18.5 Å². The molecular weight excluding hydrogens is 342 g/mol. The van der Waals surface area contributed by atoms with E-state index in [9.17, 15) is 0 Å². The van der Waals surface area contributed by atoms with Crippen molar-refractivity contribution in [1.29, 1.82) is 0 Å². The molecule has 0 spiro atoms. The summed E-state index contributed by atoms with van der Waals surface area (Å²) in [7, 11) is 7.72. The number of hydrogen-bond donors (Lipinski definition) is 2. The van der Waals surface area contributed by atoms with Crippen LogP contribution >= 0.6 is 0 Å². The number of ether oxygens (including phenoxy) is 2. The fourth-order valence-corrected chi connectivity index (χ4v) is 3.34. The molecule has 7 heteroatoms. The fraction of sp³-hybridized carbons (Fsp3) is 0.500. The second-order valence-electron chi connectivity index (χ2n) is 7.30. The molecule has 0 radical (unpaired) electrons. The van der Waals surface area contributed by atoms with E-state index < -0.39 is 0 Å². The maximum atomic E-state index is 6.19. The Balaban J connectivity index is 1.69. The standard InChI is InChI=1S/C20H29N5O2/c1-13-8-19(21-2)24-20(22-13)23-15-6-7-17(26-5)18(11-15)27-16-9-14(10-16)12-25(3)4/h6-8,11,14,16H,9-10,12H2,1-5H3,(H2,21,22,23,24). The van der Waals surface area contributed by atoms with Crippen LogP contribution in [0, 0.1) is 12.8 Å². The van der Waals surface area contributed by atoms with E-state index in [1.165, 1.54) is 0 Å². The van der Waals surface area contributed by atoms with Crippen molar-refractivity contribution in [2.24, 2.45) is 5.92 Å². The lowest BCUT2D eigenvalue weighted by atomic mass is 9.82. The molecule has 0 unspecified atom stereocenters. The molecule has 1 fully saturated rings. The molecule has 0 saturated heterocycles. The highest BCUT2D eigenvalue weighted by atomic mass is 16.5. The molecule has 1 saturated carbocycles. The van der Waals surface area contributed by atoms with Crippen molar-refractivity contribution in [1.82, 2.24) is 14.9 Å². The maximum Gasteiger partial charge on any atom is 0.229 e. The SMILES string of the molecule is CNc1cc(C)nc(Nc2ccc(OC)c(OC3CC(CN(C)C)C3)c2)n1. The first kappa shape index (κ1) is 19.2. The fourth-order valence-electron chi connectivity index (χ4n) is 3.34. The lowest BCUT2D eigenvalue weighted by Gasteiger charge is -2.37. The van der Waals surface area contributed by atoms with Gasteiger partial charge in [-0.3, -0.25) is 0 Å². The largest absolute Gasteiger partial charge is 0.493 e. The summed E-state index contributed by atoms with van der Waals surface area (Å²) >= 11 is 0. The van der Waals surface area contributed by atoms with Crippen molar-refractivity contribution in [2.75, 3.05) is 45.4 Å². The molecule has 1 aromatic carbocycles. The highest BCUT2D eigenvalue weighted by molar-refractivity contribution is 5.60. The monoisotopic (exact) mass is 371 g/mol. The van der Waals surface area contributed by atoms with E-state index in [4.69, 9.17) is 9.47 Å². The Morgan fingerprint density at radius 1 is 1.15 bits per heavy atom. The summed E-state index contributed by atoms with van der Waals surface area (Å²) in [6, 6.07) is 7.69. The van der Waals surface area contributed by atoms with Gasteiger partial charge in [0.05, 0.1) is 13.2 Å². The summed E-state index contributed by atoms with van der Waals surface area (Å²) < 4.78 is 11.7.